The first-order chi connectivity index (χ1) is 15.0. The Morgan fingerprint density at radius 1 is 1.39 bits per heavy atom. The fraction of sp³-hybridized carbons (Fsp3) is 0.350. The summed E-state index contributed by atoms with van der Waals surface area (Å²) in [5, 5.41) is 11.5. The van der Waals surface area contributed by atoms with E-state index < -0.39 is 0 Å². The molecule has 4 rings (SSSR count). The molecule has 0 bridgehead atoms. The number of methoxy groups -OCH3 is 1. The van der Waals surface area contributed by atoms with E-state index in [2.05, 4.69) is 41.4 Å². The molecule has 1 amide bonds. The van der Waals surface area contributed by atoms with E-state index in [1.54, 1.807) is 13.3 Å². The molecule has 1 atom stereocenters. The maximum Gasteiger partial charge on any atom is 0.295 e. The third kappa shape index (κ3) is 5.00. The fourth-order valence-electron chi connectivity index (χ4n) is 3.24. The number of pyridine rings is 2. The Balaban J connectivity index is 1.56. The predicted molar refractivity (Wildman–Crippen MR) is 119 cm³/mol. The first-order valence-electron chi connectivity index (χ1n) is 9.56. The van der Waals surface area contributed by atoms with Gasteiger partial charge in [-0.25, -0.2) is 4.98 Å². The smallest absolute Gasteiger partial charge is 0.295 e. The van der Waals surface area contributed by atoms with Crippen LogP contribution in [0.2, 0.25) is 0 Å². The molecule has 1 aliphatic heterocycles. The monoisotopic (exact) mass is 505 g/mol. The van der Waals surface area contributed by atoms with Crippen molar-refractivity contribution in [3.05, 3.63) is 40.4 Å². The van der Waals surface area contributed by atoms with Gasteiger partial charge in [-0.3, -0.25) is 15.1 Å². The summed E-state index contributed by atoms with van der Waals surface area (Å²) in [4.78, 5) is 21.6. The van der Waals surface area contributed by atoms with Gasteiger partial charge in [0.25, 0.3) is 11.1 Å². The zero-order valence-electron chi connectivity index (χ0n) is 16.9. The van der Waals surface area contributed by atoms with Gasteiger partial charge < -0.3 is 14.2 Å². The fourth-order valence-corrected chi connectivity index (χ4v) is 4.21. The Kier molecular flexibility index (Phi) is 6.73. The van der Waals surface area contributed by atoms with Crippen LogP contribution in [0.15, 0.2) is 29.1 Å². The zero-order chi connectivity index (χ0) is 21.8. The van der Waals surface area contributed by atoms with Gasteiger partial charge >= 0.3 is 0 Å². The van der Waals surface area contributed by atoms with E-state index in [4.69, 9.17) is 14.2 Å². The summed E-state index contributed by atoms with van der Waals surface area (Å²) in [6.07, 6.45) is 4.15. The van der Waals surface area contributed by atoms with Crippen LogP contribution < -0.4 is 14.8 Å². The summed E-state index contributed by atoms with van der Waals surface area (Å²) < 4.78 is 17.2. The highest BCUT2D eigenvalue weighted by Crippen LogP contribution is 2.36. The van der Waals surface area contributed by atoms with Gasteiger partial charge in [0.2, 0.25) is 5.13 Å². The Morgan fingerprint density at radius 2 is 2.26 bits per heavy atom. The number of amides is 1. The molecule has 0 spiro atoms. The number of rotatable bonds is 7. The van der Waals surface area contributed by atoms with Crippen molar-refractivity contribution in [2.45, 2.75) is 13.3 Å². The molecule has 1 fully saturated rings. The highest BCUT2D eigenvalue weighted by Gasteiger charge is 2.22. The summed E-state index contributed by atoms with van der Waals surface area (Å²) in [5.41, 5.74) is 2.41. The molecule has 0 aliphatic carbocycles. The quantitative estimate of drug-likeness (QED) is 0.483. The molecule has 9 nitrogen and oxygen atoms in total. The average Bonchev–Trinajstić information content (AvgIpc) is 3.44. The summed E-state index contributed by atoms with van der Waals surface area (Å²) in [5.74, 6) is 0.502. The second-order valence-corrected chi connectivity index (χ2v) is 8.65. The van der Waals surface area contributed by atoms with Gasteiger partial charge in [0, 0.05) is 30.5 Å². The number of aromatic nitrogens is 4. The van der Waals surface area contributed by atoms with Crippen molar-refractivity contribution in [3.8, 4) is 22.1 Å². The van der Waals surface area contributed by atoms with Gasteiger partial charge in [-0.15, -0.1) is 5.10 Å². The largest absolute Gasteiger partial charge is 0.494 e. The molecule has 1 saturated heterocycles. The van der Waals surface area contributed by atoms with E-state index in [0.717, 1.165) is 18.6 Å². The summed E-state index contributed by atoms with van der Waals surface area (Å²) >= 11 is 4.55. The third-order valence-electron chi connectivity index (χ3n) is 4.77. The van der Waals surface area contributed by atoms with Crippen molar-refractivity contribution >= 4 is 38.3 Å². The van der Waals surface area contributed by atoms with Gasteiger partial charge in [0.1, 0.15) is 10.4 Å². The minimum Gasteiger partial charge on any atom is -0.494 e. The molecule has 1 unspecified atom stereocenters. The maximum absolute atomic E-state index is 13.1. The number of hydrogen-bond donors (Lipinski definition) is 1. The molecule has 11 heteroatoms. The molecule has 1 N–H and O–H groups in total. The SMILES string of the molecule is COc1c(C)ncc(C(=O)Nc2nnc(OCC3CCOC3)s2)c1-c1ccnc(Br)c1. The number of carbonyl (C=O) groups excluding carboxylic acids is 1. The Hall–Kier alpha value is -2.63. The van der Waals surface area contributed by atoms with Crippen LogP contribution in [-0.2, 0) is 4.74 Å². The minimum atomic E-state index is -0.374. The van der Waals surface area contributed by atoms with E-state index in [0.29, 0.717) is 56.6 Å². The van der Waals surface area contributed by atoms with Crippen LogP contribution in [0.25, 0.3) is 11.1 Å². The molecule has 0 radical (unpaired) electrons. The first-order valence-corrected chi connectivity index (χ1v) is 11.2. The van der Waals surface area contributed by atoms with Crippen molar-refractivity contribution in [1.82, 2.24) is 20.2 Å². The van der Waals surface area contributed by atoms with Crippen LogP contribution in [-0.4, -0.2) is 53.0 Å². The molecular formula is C20H20BrN5O4S. The molecular weight excluding hydrogens is 486 g/mol. The number of nitrogens with one attached hydrogen (secondary N) is 1. The molecule has 31 heavy (non-hydrogen) atoms. The Labute approximate surface area is 191 Å². The normalized spacial score (nSPS) is 15.6. The third-order valence-corrected chi connectivity index (χ3v) is 5.95. The van der Waals surface area contributed by atoms with E-state index >= 15 is 0 Å². The number of halogens is 1. The lowest BCUT2D eigenvalue weighted by Crippen LogP contribution is -2.14. The standard InChI is InChI=1S/C20H20BrN5O4S/c1-11-17(28-2)16(13-3-5-22-15(21)7-13)14(8-23-11)18(27)24-19-25-26-20(31-19)30-10-12-4-6-29-9-12/h3,5,7-8,12H,4,6,9-10H2,1-2H3,(H,24,25,27). The lowest BCUT2D eigenvalue weighted by Gasteiger charge is -2.15. The van der Waals surface area contributed by atoms with Crippen molar-refractivity contribution in [2.75, 3.05) is 32.2 Å². The molecule has 162 valence electrons. The van der Waals surface area contributed by atoms with E-state index in [-0.39, 0.29) is 5.91 Å². The average molecular weight is 506 g/mol. The van der Waals surface area contributed by atoms with Crippen molar-refractivity contribution < 1.29 is 19.0 Å². The molecule has 1 aliphatic rings. The minimum absolute atomic E-state index is 0.337. The number of hydrogen-bond acceptors (Lipinski definition) is 9. The molecule has 0 saturated carbocycles. The van der Waals surface area contributed by atoms with Gasteiger partial charge in [0.15, 0.2) is 0 Å². The zero-order valence-corrected chi connectivity index (χ0v) is 19.3. The summed E-state index contributed by atoms with van der Waals surface area (Å²) in [6, 6.07) is 3.63. The van der Waals surface area contributed by atoms with Crippen LogP contribution in [0.4, 0.5) is 5.13 Å². The number of anilines is 1. The molecule has 4 heterocycles. The second-order valence-electron chi connectivity index (χ2n) is 6.90. The van der Waals surface area contributed by atoms with E-state index in [9.17, 15) is 4.79 Å². The second kappa shape index (κ2) is 9.67. The van der Waals surface area contributed by atoms with Gasteiger partial charge in [-0.1, -0.05) is 5.10 Å². The lowest BCUT2D eigenvalue weighted by atomic mass is 10.00. The van der Waals surface area contributed by atoms with Gasteiger partial charge in [-0.2, -0.15) is 0 Å². The molecule has 0 aromatic carbocycles. The van der Waals surface area contributed by atoms with Crippen LogP contribution >= 0.6 is 27.3 Å². The Bertz CT molecular complexity index is 1090. The highest BCUT2D eigenvalue weighted by atomic mass is 79.9. The topological polar surface area (TPSA) is 108 Å². The highest BCUT2D eigenvalue weighted by molar-refractivity contribution is 9.10. The summed E-state index contributed by atoms with van der Waals surface area (Å²) in [6.45, 7) is 3.79. The van der Waals surface area contributed by atoms with Crippen molar-refractivity contribution in [1.29, 1.82) is 0 Å². The maximum atomic E-state index is 13.1. The Morgan fingerprint density at radius 3 is 3.00 bits per heavy atom. The van der Waals surface area contributed by atoms with E-state index in [1.807, 2.05) is 19.1 Å². The van der Waals surface area contributed by atoms with Crippen LogP contribution in [0, 0.1) is 12.8 Å². The van der Waals surface area contributed by atoms with E-state index in [1.165, 1.54) is 17.5 Å². The van der Waals surface area contributed by atoms with Crippen LogP contribution in [0.1, 0.15) is 22.5 Å². The van der Waals surface area contributed by atoms with Crippen molar-refractivity contribution in [2.24, 2.45) is 5.92 Å². The lowest BCUT2D eigenvalue weighted by molar-refractivity contribution is 0.102. The number of nitrogens with zero attached hydrogens (tertiary/aromatic N) is 4. The molecule has 3 aromatic rings. The molecule has 3 aromatic heterocycles. The van der Waals surface area contributed by atoms with Gasteiger partial charge in [0.05, 0.1) is 31.6 Å². The first kappa shape index (κ1) is 21.6. The van der Waals surface area contributed by atoms with Crippen LogP contribution in [0.5, 0.6) is 10.9 Å². The number of ether oxygens (including phenoxy) is 3. The number of aryl methyl sites for hydroxylation is 1. The van der Waals surface area contributed by atoms with Crippen molar-refractivity contribution in [3.63, 3.8) is 0 Å². The summed E-state index contributed by atoms with van der Waals surface area (Å²) in [7, 11) is 1.55. The van der Waals surface area contributed by atoms with Gasteiger partial charge in [-0.05, 0) is 58.3 Å². The van der Waals surface area contributed by atoms with Crippen LogP contribution in [0.3, 0.4) is 0 Å². The predicted octanol–water partition coefficient (Wildman–Crippen LogP) is 3.74. The number of carbonyl (C=O) groups is 1.